The standard InChI is InChI=1S/C31H27ClN2O5/c1-2-19-37-27-17-9-25(10-18-27)31(36)39-29-13-5-22(6-14-29)20-33-34-30(35)24-7-15-28(16-8-24)38-21-23-3-11-26(32)12-4-23/h3-18,20H,2,19,21H2,1H3,(H,34,35)/b33-20+. The van der Waals surface area contributed by atoms with Crippen LogP contribution in [-0.2, 0) is 6.61 Å². The Morgan fingerprint density at radius 3 is 2.00 bits per heavy atom. The van der Waals surface area contributed by atoms with Crippen molar-refractivity contribution >= 4 is 29.7 Å². The van der Waals surface area contributed by atoms with Crippen LogP contribution in [0.3, 0.4) is 0 Å². The van der Waals surface area contributed by atoms with Gasteiger partial charge in [-0.1, -0.05) is 30.7 Å². The molecule has 7 nitrogen and oxygen atoms in total. The lowest BCUT2D eigenvalue weighted by Gasteiger charge is -2.07. The van der Waals surface area contributed by atoms with Gasteiger partial charge in [-0.3, -0.25) is 4.79 Å². The second kappa shape index (κ2) is 13.8. The van der Waals surface area contributed by atoms with Gasteiger partial charge in [0.2, 0.25) is 0 Å². The number of ether oxygens (including phenoxy) is 3. The lowest BCUT2D eigenvalue weighted by atomic mass is 10.2. The number of hydrogen-bond donors (Lipinski definition) is 1. The Labute approximate surface area is 232 Å². The molecule has 4 rings (SSSR count). The molecule has 0 aliphatic heterocycles. The third-order valence-electron chi connectivity index (χ3n) is 5.47. The van der Waals surface area contributed by atoms with E-state index in [1.165, 1.54) is 6.21 Å². The van der Waals surface area contributed by atoms with E-state index in [2.05, 4.69) is 10.5 Å². The highest BCUT2D eigenvalue weighted by Gasteiger charge is 2.09. The summed E-state index contributed by atoms with van der Waals surface area (Å²) in [5.41, 5.74) is 5.08. The second-order valence-corrected chi connectivity index (χ2v) is 8.91. The average molecular weight is 543 g/mol. The van der Waals surface area contributed by atoms with Gasteiger partial charge >= 0.3 is 5.97 Å². The zero-order valence-electron chi connectivity index (χ0n) is 21.3. The van der Waals surface area contributed by atoms with Crippen molar-refractivity contribution in [2.75, 3.05) is 6.61 Å². The van der Waals surface area contributed by atoms with Crippen LogP contribution in [0.4, 0.5) is 0 Å². The van der Waals surface area contributed by atoms with Crippen LogP contribution in [0.2, 0.25) is 5.02 Å². The first-order valence-corrected chi connectivity index (χ1v) is 12.7. The van der Waals surface area contributed by atoms with E-state index in [0.29, 0.717) is 46.6 Å². The third-order valence-corrected chi connectivity index (χ3v) is 5.72. The van der Waals surface area contributed by atoms with Crippen LogP contribution in [0.25, 0.3) is 0 Å². The molecule has 0 aliphatic carbocycles. The van der Waals surface area contributed by atoms with Crippen molar-refractivity contribution in [3.05, 3.63) is 124 Å². The van der Waals surface area contributed by atoms with Crippen molar-refractivity contribution in [1.29, 1.82) is 0 Å². The fraction of sp³-hybridized carbons (Fsp3) is 0.129. The molecule has 39 heavy (non-hydrogen) atoms. The maximum Gasteiger partial charge on any atom is 0.343 e. The summed E-state index contributed by atoms with van der Waals surface area (Å²) >= 11 is 5.89. The number of nitrogens with zero attached hydrogens (tertiary/aromatic N) is 1. The van der Waals surface area contributed by atoms with E-state index in [1.54, 1.807) is 72.8 Å². The summed E-state index contributed by atoms with van der Waals surface area (Å²) in [6, 6.07) is 27.8. The molecule has 0 saturated heterocycles. The Balaban J connectivity index is 1.23. The van der Waals surface area contributed by atoms with Crippen molar-refractivity contribution in [2.24, 2.45) is 5.10 Å². The molecule has 0 spiro atoms. The normalized spacial score (nSPS) is 10.7. The number of hydrogen-bond acceptors (Lipinski definition) is 6. The minimum atomic E-state index is -0.466. The Kier molecular flexibility index (Phi) is 9.69. The highest BCUT2D eigenvalue weighted by atomic mass is 35.5. The van der Waals surface area contributed by atoms with E-state index in [4.69, 9.17) is 25.8 Å². The molecule has 4 aromatic rings. The zero-order valence-corrected chi connectivity index (χ0v) is 22.1. The predicted molar refractivity (Wildman–Crippen MR) is 151 cm³/mol. The monoisotopic (exact) mass is 542 g/mol. The highest BCUT2D eigenvalue weighted by Crippen LogP contribution is 2.18. The van der Waals surface area contributed by atoms with Crippen molar-refractivity contribution in [3.63, 3.8) is 0 Å². The van der Waals surface area contributed by atoms with E-state index >= 15 is 0 Å². The Bertz CT molecular complexity index is 1400. The van der Waals surface area contributed by atoms with Gasteiger partial charge in [0, 0.05) is 10.6 Å². The number of esters is 1. The minimum absolute atomic E-state index is 0.354. The van der Waals surface area contributed by atoms with Gasteiger partial charge in [-0.25, -0.2) is 10.2 Å². The fourth-order valence-electron chi connectivity index (χ4n) is 3.37. The molecular formula is C31H27ClN2O5. The van der Waals surface area contributed by atoms with E-state index in [9.17, 15) is 9.59 Å². The summed E-state index contributed by atoms with van der Waals surface area (Å²) in [7, 11) is 0. The van der Waals surface area contributed by atoms with Crippen LogP contribution in [-0.4, -0.2) is 24.7 Å². The van der Waals surface area contributed by atoms with E-state index in [-0.39, 0.29) is 5.91 Å². The fourth-order valence-corrected chi connectivity index (χ4v) is 3.50. The van der Waals surface area contributed by atoms with Gasteiger partial charge in [0.15, 0.2) is 0 Å². The molecule has 0 atom stereocenters. The summed E-state index contributed by atoms with van der Waals surface area (Å²) in [6.07, 6.45) is 2.41. The van der Waals surface area contributed by atoms with Gasteiger partial charge < -0.3 is 14.2 Å². The molecular weight excluding hydrogens is 516 g/mol. The lowest BCUT2D eigenvalue weighted by Crippen LogP contribution is -2.17. The van der Waals surface area contributed by atoms with Gasteiger partial charge in [-0.05, 0) is 102 Å². The number of halogens is 1. The minimum Gasteiger partial charge on any atom is -0.494 e. The number of nitrogens with one attached hydrogen (secondary N) is 1. The number of rotatable bonds is 11. The van der Waals surface area contributed by atoms with Crippen LogP contribution in [0.5, 0.6) is 17.2 Å². The summed E-state index contributed by atoms with van der Waals surface area (Å²) < 4.78 is 16.7. The SMILES string of the molecule is CCCOc1ccc(C(=O)Oc2ccc(/C=N/NC(=O)c3ccc(OCc4ccc(Cl)cc4)cc3)cc2)cc1. The number of amides is 1. The van der Waals surface area contributed by atoms with Gasteiger partial charge in [0.05, 0.1) is 18.4 Å². The van der Waals surface area contributed by atoms with Gasteiger partial charge in [0.1, 0.15) is 23.9 Å². The van der Waals surface area contributed by atoms with Crippen molar-refractivity contribution < 1.29 is 23.8 Å². The third kappa shape index (κ3) is 8.45. The predicted octanol–water partition coefficient (Wildman–Crippen LogP) is 6.69. The van der Waals surface area contributed by atoms with Crippen LogP contribution >= 0.6 is 11.6 Å². The lowest BCUT2D eigenvalue weighted by molar-refractivity contribution is 0.0734. The molecule has 8 heteroatoms. The molecule has 0 aromatic heterocycles. The Morgan fingerprint density at radius 1 is 0.769 bits per heavy atom. The second-order valence-electron chi connectivity index (χ2n) is 8.47. The first-order chi connectivity index (χ1) is 19.0. The number of hydrazone groups is 1. The van der Waals surface area contributed by atoms with Crippen LogP contribution in [0, 0.1) is 0 Å². The molecule has 1 N–H and O–H groups in total. The molecule has 0 aliphatic rings. The van der Waals surface area contributed by atoms with E-state index < -0.39 is 5.97 Å². The number of benzene rings is 4. The maximum absolute atomic E-state index is 12.4. The van der Waals surface area contributed by atoms with Crippen molar-refractivity contribution in [3.8, 4) is 17.2 Å². The highest BCUT2D eigenvalue weighted by molar-refractivity contribution is 6.30. The van der Waals surface area contributed by atoms with Crippen LogP contribution < -0.4 is 19.6 Å². The molecule has 0 radical (unpaired) electrons. The van der Waals surface area contributed by atoms with Crippen LogP contribution in [0.15, 0.2) is 102 Å². The molecule has 0 fully saturated rings. The average Bonchev–Trinajstić information content (AvgIpc) is 2.97. The van der Waals surface area contributed by atoms with Gasteiger partial charge in [-0.15, -0.1) is 0 Å². The largest absolute Gasteiger partial charge is 0.494 e. The smallest absolute Gasteiger partial charge is 0.343 e. The van der Waals surface area contributed by atoms with Crippen LogP contribution in [0.1, 0.15) is 45.2 Å². The number of carbonyl (C=O) groups is 2. The van der Waals surface area contributed by atoms with Gasteiger partial charge in [-0.2, -0.15) is 5.10 Å². The quantitative estimate of drug-likeness (QED) is 0.0987. The zero-order chi connectivity index (χ0) is 27.5. The Hall–Kier alpha value is -4.62. The van der Waals surface area contributed by atoms with Crippen molar-refractivity contribution in [1.82, 2.24) is 5.43 Å². The molecule has 0 bridgehead atoms. The molecule has 4 aromatic carbocycles. The summed E-state index contributed by atoms with van der Waals surface area (Å²) in [6.45, 7) is 3.05. The summed E-state index contributed by atoms with van der Waals surface area (Å²) in [4.78, 5) is 24.8. The summed E-state index contributed by atoms with van der Waals surface area (Å²) in [5.74, 6) is 0.925. The van der Waals surface area contributed by atoms with Crippen molar-refractivity contribution in [2.45, 2.75) is 20.0 Å². The molecule has 0 saturated carbocycles. The molecule has 0 heterocycles. The first-order valence-electron chi connectivity index (χ1n) is 12.4. The van der Waals surface area contributed by atoms with Gasteiger partial charge in [0.25, 0.3) is 5.91 Å². The number of carbonyl (C=O) groups excluding carboxylic acids is 2. The van der Waals surface area contributed by atoms with E-state index in [1.807, 2.05) is 31.2 Å². The first kappa shape index (κ1) is 27.4. The summed E-state index contributed by atoms with van der Waals surface area (Å²) in [5, 5.41) is 4.68. The maximum atomic E-state index is 12.4. The molecule has 0 unspecified atom stereocenters. The molecule has 198 valence electrons. The topological polar surface area (TPSA) is 86.2 Å². The Morgan fingerprint density at radius 2 is 1.36 bits per heavy atom. The van der Waals surface area contributed by atoms with E-state index in [0.717, 1.165) is 17.5 Å². The molecule has 1 amide bonds.